The third kappa shape index (κ3) is 4.47. The maximum Gasteiger partial charge on any atom is 0.266 e. The third-order valence-electron chi connectivity index (χ3n) is 4.48. The number of benzene rings is 1. The average molecular weight is 440 g/mol. The third-order valence-corrected chi connectivity index (χ3v) is 6.31. The Kier molecular flexibility index (Phi) is 6.58. The minimum Gasteiger partial charge on any atom is -0.493 e. The Bertz CT molecular complexity index is 699. The molecule has 1 amide bonds. The van der Waals surface area contributed by atoms with Crippen molar-refractivity contribution in [3.63, 3.8) is 0 Å². The Labute approximate surface area is 167 Å². The molecule has 6 heteroatoms. The van der Waals surface area contributed by atoms with Crippen molar-refractivity contribution in [2.45, 2.75) is 51.5 Å². The van der Waals surface area contributed by atoms with E-state index < -0.39 is 0 Å². The molecule has 0 N–H and O–H groups in total. The average Bonchev–Trinajstić information content (AvgIpc) is 2.88. The van der Waals surface area contributed by atoms with Crippen LogP contribution in [-0.4, -0.2) is 27.8 Å². The lowest BCUT2D eigenvalue weighted by Crippen LogP contribution is -2.39. The highest BCUT2D eigenvalue weighted by Gasteiger charge is 2.37. The first-order valence-corrected chi connectivity index (χ1v) is 10.8. The monoisotopic (exact) mass is 439 g/mol. The summed E-state index contributed by atoms with van der Waals surface area (Å²) in [6.07, 6.45) is 8.60. The number of hydrogen-bond acceptors (Lipinski definition) is 4. The number of amides is 1. The number of hydrogen-bond donors (Lipinski definition) is 0. The van der Waals surface area contributed by atoms with Crippen LogP contribution in [0.3, 0.4) is 0 Å². The van der Waals surface area contributed by atoms with Crippen LogP contribution in [0, 0.1) is 0 Å². The zero-order valence-corrected chi connectivity index (χ0v) is 17.5. The van der Waals surface area contributed by atoms with Crippen LogP contribution in [0.2, 0.25) is 0 Å². The van der Waals surface area contributed by atoms with Crippen molar-refractivity contribution in [1.82, 2.24) is 4.90 Å². The topological polar surface area (TPSA) is 29.5 Å². The maximum atomic E-state index is 12.9. The second-order valence-electron chi connectivity index (χ2n) is 6.37. The molecule has 0 aromatic heterocycles. The molecule has 25 heavy (non-hydrogen) atoms. The highest BCUT2D eigenvalue weighted by Crippen LogP contribution is 2.38. The lowest BCUT2D eigenvalue weighted by molar-refractivity contribution is -0.124. The van der Waals surface area contributed by atoms with Gasteiger partial charge in [0, 0.05) is 16.1 Å². The first-order chi connectivity index (χ1) is 12.1. The van der Waals surface area contributed by atoms with Crippen molar-refractivity contribution in [3.8, 4) is 5.75 Å². The van der Waals surface area contributed by atoms with Crippen LogP contribution in [0.15, 0.2) is 27.6 Å². The Balaban J connectivity index is 1.85. The summed E-state index contributed by atoms with van der Waals surface area (Å²) in [5.74, 6) is 0.844. The minimum absolute atomic E-state index is 0.0447. The fourth-order valence-electron chi connectivity index (χ4n) is 3.25. The highest BCUT2D eigenvalue weighted by molar-refractivity contribution is 9.10. The predicted octanol–water partition coefficient (Wildman–Crippen LogP) is 5.77. The van der Waals surface area contributed by atoms with Crippen LogP contribution in [0.5, 0.6) is 5.75 Å². The smallest absolute Gasteiger partial charge is 0.266 e. The fourth-order valence-corrected chi connectivity index (χ4v) is 5.02. The molecule has 1 heterocycles. The summed E-state index contributed by atoms with van der Waals surface area (Å²) in [4.78, 5) is 15.5. The molecular formula is C19H22BrNO2S2. The molecular weight excluding hydrogens is 418 g/mol. The van der Waals surface area contributed by atoms with Gasteiger partial charge in [-0.05, 0) is 43.5 Å². The van der Waals surface area contributed by atoms with E-state index in [-0.39, 0.29) is 11.9 Å². The molecule has 134 valence electrons. The zero-order chi connectivity index (χ0) is 17.8. The number of rotatable bonds is 5. The molecule has 1 aliphatic carbocycles. The Morgan fingerprint density at radius 3 is 2.84 bits per heavy atom. The second-order valence-corrected chi connectivity index (χ2v) is 8.97. The van der Waals surface area contributed by atoms with Crippen LogP contribution in [-0.2, 0) is 4.79 Å². The molecule has 1 aromatic rings. The molecule has 0 spiro atoms. The molecule has 2 fully saturated rings. The minimum atomic E-state index is 0.0447. The predicted molar refractivity (Wildman–Crippen MR) is 112 cm³/mol. The summed E-state index contributed by atoms with van der Waals surface area (Å²) >= 11 is 10.4. The van der Waals surface area contributed by atoms with E-state index in [0.717, 1.165) is 35.0 Å². The molecule has 1 aromatic carbocycles. The van der Waals surface area contributed by atoms with Gasteiger partial charge in [0.2, 0.25) is 0 Å². The lowest BCUT2D eigenvalue weighted by atomic mass is 9.94. The van der Waals surface area contributed by atoms with Crippen molar-refractivity contribution >= 4 is 56.2 Å². The highest BCUT2D eigenvalue weighted by atomic mass is 79.9. The largest absolute Gasteiger partial charge is 0.493 e. The van der Waals surface area contributed by atoms with E-state index in [1.54, 1.807) is 0 Å². The van der Waals surface area contributed by atoms with Gasteiger partial charge in [-0.15, -0.1) is 0 Å². The molecule has 0 bridgehead atoms. The summed E-state index contributed by atoms with van der Waals surface area (Å²) < 4.78 is 7.48. The summed E-state index contributed by atoms with van der Waals surface area (Å²) in [7, 11) is 0. The summed E-state index contributed by atoms with van der Waals surface area (Å²) in [6, 6.07) is 6.15. The van der Waals surface area contributed by atoms with E-state index in [1.807, 2.05) is 29.2 Å². The van der Waals surface area contributed by atoms with E-state index >= 15 is 0 Å². The second kappa shape index (κ2) is 8.69. The molecule has 1 saturated carbocycles. The van der Waals surface area contributed by atoms with Crippen molar-refractivity contribution in [1.29, 1.82) is 0 Å². The number of nitrogens with zero attached hydrogens (tertiary/aromatic N) is 1. The lowest BCUT2D eigenvalue weighted by Gasteiger charge is -2.29. The van der Waals surface area contributed by atoms with Gasteiger partial charge in [0.25, 0.3) is 5.91 Å². The molecule has 0 atom stereocenters. The van der Waals surface area contributed by atoms with Gasteiger partial charge >= 0.3 is 0 Å². The van der Waals surface area contributed by atoms with Gasteiger partial charge < -0.3 is 4.74 Å². The van der Waals surface area contributed by atoms with Crippen LogP contribution in [0.1, 0.15) is 51.0 Å². The summed E-state index contributed by atoms with van der Waals surface area (Å²) in [6.45, 7) is 2.74. The summed E-state index contributed by atoms with van der Waals surface area (Å²) in [5.41, 5.74) is 0.909. The molecule has 2 aliphatic rings. The number of carbonyl (C=O) groups is 1. The van der Waals surface area contributed by atoms with Gasteiger partial charge in [0.05, 0.1) is 11.5 Å². The quantitative estimate of drug-likeness (QED) is 0.429. The van der Waals surface area contributed by atoms with Crippen molar-refractivity contribution in [3.05, 3.63) is 33.1 Å². The number of thioether (sulfide) groups is 1. The first kappa shape index (κ1) is 18.9. The number of ether oxygens (including phenoxy) is 1. The number of thiocarbonyl (C=S) groups is 1. The standard InChI is InChI=1S/C19H22BrNO2S2/c1-2-10-23-16-9-8-14(20)11-13(16)12-17-18(22)21(19(24)25-17)15-6-4-3-5-7-15/h8-9,11-12,15H,2-7,10H2,1H3/b17-12-. The zero-order valence-electron chi connectivity index (χ0n) is 14.3. The van der Waals surface area contributed by atoms with E-state index in [9.17, 15) is 4.79 Å². The van der Waals surface area contributed by atoms with Crippen LogP contribution >= 0.6 is 39.9 Å². The molecule has 1 aliphatic heterocycles. The summed E-state index contributed by atoms with van der Waals surface area (Å²) in [5, 5.41) is 0. The van der Waals surface area contributed by atoms with Gasteiger partial charge in [-0.3, -0.25) is 9.69 Å². The molecule has 0 radical (unpaired) electrons. The van der Waals surface area contributed by atoms with Crippen molar-refractivity contribution in [2.24, 2.45) is 0 Å². The maximum absolute atomic E-state index is 12.9. The van der Waals surface area contributed by atoms with Gasteiger partial charge in [-0.1, -0.05) is 66.1 Å². The van der Waals surface area contributed by atoms with E-state index in [2.05, 4.69) is 22.9 Å². The van der Waals surface area contributed by atoms with Crippen LogP contribution < -0.4 is 4.74 Å². The van der Waals surface area contributed by atoms with Gasteiger partial charge in [0.1, 0.15) is 10.1 Å². The van der Waals surface area contributed by atoms with E-state index in [1.165, 1.54) is 31.0 Å². The molecule has 1 saturated heterocycles. The molecule has 3 nitrogen and oxygen atoms in total. The van der Waals surface area contributed by atoms with E-state index in [0.29, 0.717) is 15.8 Å². The Hall–Kier alpha value is -0.850. The van der Waals surface area contributed by atoms with Crippen molar-refractivity contribution in [2.75, 3.05) is 6.61 Å². The van der Waals surface area contributed by atoms with E-state index in [4.69, 9.17) is 17.0 Å². The normalized spacial score (nSPS) is 20.6. The Morgan fingerprint density at radius 2 is 2.12 bits per heavy atom. The number of carbonyl (C=O) groups excluding carboxylic acids is 1. The van der Waals surface area contributed by atoms with Crippen LogP contribution in [0.25, 0.3) is 6.08 Å². The van der Waals surface area contributed by atoms with Gasteiger partial charge in [-0.25, -0.2) is 0 Å². The molecule has 0 unspecified atom stereocenters. The number of halogens is 1. The fraction of sp³-hybridized carbons (Fsp3) is 0.474. The SMILES string of the molecule is CCCOc1ccc(Br)cc1/C=C1\SC(=S)N(C2CCCCC2)C1=O. The van der Waals surface area contributed by atoms with Crippen LogP contribution in [0.4, 0.5) is 0 Å². The molecule has 3 rings (SSSR count). The van der Waals surface area contributed by atoms with Gasteiger partial charge in [-0.2, -0.15) is 0 Å². The Morgan fingerprint density at radius 1 is 1.36 bits per heavy atom. The van der Waals surface area contributed by atoms with Crippen molar-refractivity contribution < 1.29 is 9.53 Å². The first-order valence-electron chi connectivity index (χ1n) is 8.79. The van der Waals surface area contributed by atoms with Gasteiger partial charge in [0.15, 0.2) is 0 Å².